The Morgan fingerprint density at radius 1 is 1.39 bits per heavy atom. The maximum Gasteiger partial charge on any atom is 0.226 e. The van der Waals surface area contributed by atoms with Crippen molar-refractivity contribution in [2.45, 2.75) is 58.5 Å². The molecule has 0 aliphatic carbocycles. The second-order valence-corrected chi connectivity index (χ2v) is 6.38. The lowest BCUT2D eigenvalue weighted by Crippen LogP contribution is -2.51. The average Bonchev–Trinajstić information content (AvgIpc) is 2.50. The number of aryl methyl sites for hydroxylation is 2. The number of rotatable bonds is 5. The van der Waals surface area contributed by atoms with Crippen LogP contribution < -0.4 is 10.5 Å². The summed E-state index contributed by atoms with van der Waals surface area (Å²) in [6.07, 6.45) is 3.67. The van der Waals surface area contributed by atoms with Crippen molar-refractivity contribution >= 4 is 18.3 Å². The van der Waals surface area contributed by atoms with Crippen molar-refractivity contribution in [1.82, 2.24) is 4.90 Å². The van der Waals surface area contributed by atoms with Crippen molar-refractivity contribution < 1.29 is 9.53 Å². The van der Waals surface area contributed by atoms with Gasteiger partial charge in [0.1, 0.15) is 5.75 Å². The minimum atomic E-state index is 0. The maximum atomic E-state index is 12.4. The van der Waals surface area contributed by atoms with E-state index >= 15 is 0 Å². The molecular weight excluding hydrogens is 312 g/mol. The monoisotopic (exact) mass is 340 g/mol. The van der Waals surface area contributed by atoms with Crippen LogP contribution in [0.4, 0.5) is 0 Å². The number of carbonyl (C=O) groups excluding carboxylic acids is 1. The molecule has 2 N–H and O–H groups in total. The fourth-order valence-electron chi connectivity index (χ4n) is 3.07. The average molecular weight is 341 g/mol. The molecule has 5 heteroatoms. The van der Waals surface area contributed by atoms with E-state index in [1.165, 1.54) is 5.56 Å². The number of hydrogen-bond donors (Lipinski definition) is 1. The van der Waals surface area contributed by atoms with Gasteiger partial charge in [0.2, 0.25) is 5.91 Å². The molecule has 4 nitrogen and oxygen atoms in total. The van der Waals surface area contributed by atoms with E-state index in [2.05, 4.69) is 6.07 Å². The Bertz CT molecular complexity index is 520. The van der Waals surface area contributed by atoms with Crippen LogP contribution in [0.15, 0.2) is 18.2 Å². The molecule has 2 unspecified atom stereocenters. The first-order valence-electron chi connectivity index (χ1n) is 8.24. The Balaban J connectivity index is 0.00000264. The van der Waals surface area contributed by atoms with Gasteiger partial charge in [0, 0.05) is 18.6 Å². The summed E-state index contributed by atoms with van der Waals surface area (Å²) in [4.78, 5) is 14.4. The predicted octanol–water partition coefficient (Wildman–Crippen LogP) is 3.22. The molecule has 1 amide bonds. The Morgan fingerprint density at radius 3 is 2.83 bits per heavy atom. The molecule has 1 aromatic rings. The van der Waals surface area contributed by atoms with Gasteiger partial charge >= 0.3 is 0 Å². The zero-order valence-electron chi connectivity index (χ0n) is 14.4. The van der Waals surface area contributed by atoms with Gasteiger partial charge in [-0.1, -0.05) is 12.1 Å². The second kappa shape index (κ2) is 9.14. The predicted molar refractivity (Wildman–Crippen MR) is 96.3 cm³/mol. The number of halogens is 1. The second-order valence-electron chi connectivity index (χ2n) is 6.38. The molecule has 2 atom stereocenters. The normalized spacial score (nSPS) is 19.0. The van der Waals surface area contributed by atoms with Crippen LogP contribution in [-0.2, 0) is 4.79 Å². The van der Waals surface area contributed by atoms with Gasteiger partial charge in [0.25, 0.3) is 0 Å². The van der Waals surface area contributed by atoms with Crippen LogP contribution in [0.5, 0.6) is 5.75 Å². The van der Waals surface area contributed by atoms with Gasteiger partial charge < -0.3 is 15.4 Å². The molecule has 1 aromatic carbocycles. The third-order valence-corrected chi connectivity index (χ3v) is 4.39. The van der Waals surface area contributed by atoms with E-state index in [0.717, 1.165) is 37.1 Å². The van der Waals surface area contributed by atoms with Crippen LogP contribution in [0.25, 0.3) is 0 Å². The summed E-state index contributed by atoms with van der Waals surface area (Å²) in [7, 11) is 0. The third kappa shape index (κ3) is 5.40. The summed E-state index contributed by atoms with van der Waals surface area (Å²) in [5.41, 5.74) is 8.29. The molecule has 0 saturated carbocycles. The van der Waals surface area contributed by atoms with E-state index in [4.69, 9.17) is 10.5 Å². The van der Waals surface area contributed by atoms with Crippen LogP contribution in [0, 0.1) is 13.8 Å². The van der Waals surface area contributed by atoms with Crippen molar-refractivity contribution in [1.29, 1.82) is 0 Å². The molecule has 1 fully saturated rings. The molecule has 1 aliphatic rings. The van der Waals surface area contributed by atoms with Gasteiger partial charge in [-0.15, -0.1) is 12.4 Å². The third-order valence-electron chi connectivity index (χ3n) is 4.39. The Hall–Kier alpha value is -1.26. The minimum Gasteiger partial charge on any atom is -0.493 e. The summed E-state index contributed by atoms with van der Waals surface area (Å²) in [6.45, 7) is 7.30. The first-order valence-corrected chi connectivity index (χ1v) is 8.24. The molecule has 130 valence electrons. The zero-order valence-corrected chi connectivity index (χ0v) is 15.2. The number of ether oxygens (including phenoxy) is 1. The SMILES string of the molecule is Cc1ccc(C)c(OCCC(=O)N2CCCCC2C(C)N)c1.Cl. The van der Waals surface area contributed by atoms with E-state index in [0.29, 0.717) is 13.0 Å². The van der Waals surface area contributed by atoms with Crippen molar-refractivity contribution in [3.8, 4) is 5.75 Å². The van der Waals surface area contributed by atoms with Crippen molar-refractivity contribution in [3.05, 3.63) is 29.3 Å². The number of benzene rings is 1. The molecule has 1 saturated heterocycles. The lowest BCUT2D eigenvalue weighted by Gasteiger charge is -2.38. The van der Waals surface area contributed by atoms with Gasteiger partial charge in [-0.3, -0.25) is 4.79 Å². The summed E-state index contributed by atoms with van der Waals surface area (Å²) in [6, 6.07) is 6.34. The van der Waals surface area contributed by atoms with E-state index < -0.39 is 0 Å². The molecule has 0 radical (unpaired) electrons. The molecule has 1 heterocycles. The molecule has 2 rings (SSSR count). The highest BCUT2D eigenvalue weighted by Crippen LogP contribution is 2.21. The molecule has 0 spiro atoms. The number of likely N-dealkylation sites (tertiary alicyclic amines) is 1. The van der Waals surface area contributed by atoms with E-state index in [1.54, 1.807) is 0 Å². The van der Waals surface area contributed by atoms with Crippen LogP contribution in [0.3, 0.4) is 0 Å². The van der Waals surface area contributed by atoms with E-state index in [9.17, 15) is 4.79 Å². The van der Waals surface area contributed by atoms with Crippen molar-refractivity contribution in [3.63, 3.8) is 0 Å². The zero-order chi connectivity index (χ0) is 16.1. The summed E-state index contributed by atoms with van der Waals surface area (Å²) >= 11 is 0. The topological polar surface area (TPSA) is 55.6 Å². The number of nitrogens with two attached hydrogens (primary N) is 1. The first kappa shape index (κ1) is 19.8. The molecule has 0 aromatic heterocycles. The molecule has 0 bridgehead atoms. The smallest absolute Gasteiger partial charge is 0.226 e. The lowest BCUT2D eigenvalue weighted by molar-refractivity contribution is -0.135. The standard InChI is InChI=1S/C18H28N2O2.ClH/c1-13-7-8-14(2)17(12-13)22-11-9-18(21)20-10-5-4-6-16(20)15(3)19;/h7-8,12,15-16H,4-6,9-11,19H2,1-3H3;1H. The largest absolute Gasteiger partial charge is 0.493 e. The van der Waals surface area contributed by atoms with Gasteiger partial charge in [0.05, 0.1) is 13.0 Å². The van der Waals surface area contributed by atoms with Crippen molar-refractivity contribution in [2.24, 2.45) is 5.73 Å². The van der Waals surface area contributed by atoms with Gasteiger partial charge in [-0.05, 0) is 57.2 Å². The highest BCUT2D eigenvalue weighted by atomic mass is 35.5. The molecule has 23 heavy (non-hydrogen) atoms. The number of amides is 1. The summed E-state index contributed by atoms with van der Waals surface area (Å²) in [5, 5.41) is 0. The summed E-state index contributed by atoms with van der Waals surface area (Å²) < 4.78 is 5.80. The number of piperidine rings is 1. The highest BCUT2D eigenvalue weighted by Gasteiger charge is 2.28. The summed E-state index contributed by atoms with van der Waals surface area (Å²) in [5.74, 6) is 1.03. The Labute approximate surface area is 145 Å². The number of carbonyl (C=O) groups is 1. The number of nitrogens with zero attached hydrogens (tertiary/aromatic N) is 1. The van der Waals surface area contributed by atoms with Gasteiger partial charge in [0.15, 0.2) is 0 Å². The van der Waals surface area contributed by atoms with Crippen LogP contribution in [0.2, 0.25) is 0 Å². The van der Waals surface area contributed by atoms with Gasteiger partial charge in [-0.2, -0.15) is 0 Å². The molecule has 1 aliphatic heterocycles. The number of hydrogen-bond acceptors (Lipinski definition) is 3. The van der Waals surface area contributed by atoms with E-state index in [1.807, 2.05) is 37.8 Å². The highest BCUT2D eigenvalue weighted by molar-refractivity contribution is 5.85. The quantitative estimate of drug-likeness (QED) is 0.895. The minimum absolute atomic E-state index is 0. The Morgan fingerprint density at radius 2 is 2.13 bits per heavy atom. The maximum absolute atomic E-state index is 12.4. The van der Waals surface area contributed by atoms with Crippen LogP contribution in [0.1, 0.15) is 43.7 Å². The Kier molecular flexibility index (Phi) is 7.86. The fourth-order valence-corrected chi connectivity index (χ4v) is 3.07. The lowest BCUT2D eigenvalue weighted by atomic mass is 9.96. The van der Waals surface area contributed by atoms with Crippen LogP contribution >= 0.6 is 12.4 Å². The fraction of sp³-hybridized carbons (Fsp3) is 0.611. The van der Waals surface area contributed by atoms with Gasteiger partial charge in [-0.25, -0.2) is 0 Å². The van der Waals surface area contributed by atoms with Crippen LogP contribution in [-0.4, -0.2) is 36.0 Å². The van der Waals surface area contributed by atoms with Crippen molar-refractivity contribution in [2.75, 3.05) is 13.2 Å². The first-order chi connectivity index (χ1) is 10.5. The van der Waals surface area contributed by atoms with E-state index in [-0.39, 0.29) is 30.4 Å². The molecular formula is C18H29ClN2O2.